The standard InChI is InChI=1S/C26H32N6OS/c1-4-8-20(15-19(3)32-13-6-5-7-14-32)17-33-26-28-12-11-22(31-26)21(16-27)24-30-23-10-9-18(2)29-25(23)34-24/h4,8,10-12,18-19,21H,1,5-7,9,13-15,17H2,2-3H3. The van der Waals surface area contributed by atoms with Crippen LogP contribution in [0.15, 0.2) is 41.6 Å². The van der Waals surface area contributed by atoms with Crippen molar-refractivity contribution in [2.24, 2.45) is 4.99 Å². The summed E-state index contributed by atoms with van der Waals surface area (Å²) < 4.78 is 6.86. The van der Waals surface area contributed by atoms with Crippen LogP contribution in [0, 0.1) is 11.3 Å². The highest BCUT2D eigenvalue weighted by molar-refractivity contribution is 7.09. The molecule has 0 radical (unpaired) electrons. The maximum Gasteiger partial charge on any atom is 0.316 e. The van der Waals surface area contributed by atoms with Gasteiger partial charge in [0.1, 0.15) is 22.2 Å². The van der Waals surface area contributed by atoms with Crippen molar-refractivity contribution in [1.82, 2.24) is 19.9 Å². The molecule has 4 rings (SSSR count). The second kappa shape index (κ2) is 11.5. The van der Waals surface area contributed by atoms with Gasteiger partial charge in [-0.2, -0.15) is 10.2 Å². The molecule has 0 saturated carbocycles. The summed E-state index contributed by atoms with van der Waals surface area (Å²) in [6.07, 6.45) is 13.2. The van der Waals surface area contributed by atoms with E-state index >= 15 is 0 Å². The molecule has 0 amide bonds. The van der Waals surface area contributed by atoms with E-state index in [2.05, 4.69) is 57.4 Å². The average Bonchev–Trinajstić information content (AvgIpc) is 3.26. The van der Waals surface area contributed by atoms with Crippen LogP contribution in [-0.2, 0) is 0 Å². The Balaban J connectivity index is 1.45. The molecule has 0 bridgehead atoms. The average molecular weight is 477 g/mol. The van der Waals surface area contributed by atoms with Crippen molar-refractivity contribution in [2.45, 2.75) is 64.0 Å². The quantitative estimate of drug-likeness (QED) is 0.515. The molecular weight excluding hydrogens is 444 g/mol. The topological polar surface area (TPSA) is 87.3 Å². The first-order valence-electron chi connectivity index (χ1n) is 12.0. The first kappa shape index (κ1) is 24.2. The highest BCUT2D eigenvalue weighted by atomic mass is 32.1. The number of allylic oxidation sites excluding steroid dienone is 2. The molecule has 2 aromatic heterocycles. The third-order valence-corrected chi connectivity index (χ3v) is 7.32. The molecule has 4 heterocycles. The van der Waals surface area contributed by atoms with Gasteiger partial charge in [0.15, 0.2) is 0 Å². The number of likely N-dealkylation sites (tertiary alicyclic amines) is 1. The molecule has 0 aromatic carbocycles. The lowest BCUT2D eigenvalue weighted by Crippen LogP contribution is -2.37. The number of nitrogens with zero attached hydrogens (tertiary/aromatic N) is 6. The Morgan fingerprint density at radius 1 is 1.35 bits per heavy atom. The van der Waals surface area contributed by atoms with E-state index in [-0.39, 0.29) is 12.1 Å². The number of hydrogen-bond acceptors (Lipinski definition) is 8. The SMILES string of the molecule is C=CC=C(COc1nccc(C(C#N)c2nc3c(s2)=NC(C)CC=3)n1)CC(C)N1CCCCC1. The Bertz CT molecular complexity index is 1190. The smallest absolute Gasteiger partial charge is 0.316 e. The number of fused-ring (bicyclic) bond motifs is 1. The lowest BCUT2D eigenvalue weighted by Gasteiger charge is -2.32. The summed E-state index contributed by atoms with van der Waals surface area (Å²) in [5.74, 6) is -0.581. The Hall–Kier alpha value is -2.89. The molecule has 2 aromatic rings. The zero-order valence-corrected chi connectivity index (χ0v) is 20.8. The molecule has 8 heteroatoms. The summed E-state index contributed by atoms with van der Waals surface area (Å²) >= 11 is 1.46. The van der Waals surface area contributed by atoms with Crippen LogP contribution in [-0.4, -0.2) is 51.6 Å². The van der Waals surface area contributed by atoms with E-state index in [1.165, 1.54) is 30.6 Å². The molecule has 7 nitrogen and oxygen atoms in total. The van der Waals surface area contributed by atoms with Crippen molar-refractivity contribution in [2.75, 3.05) is 19.7 Å². The van der Waals surface area contributed by atoms with Gasteiger partial charge in [-0.1, -0.05) is 42.6 Å². The van der Waals surface area contributed by atoms with Crippen LogP contribution >= 0.6 is 11.3 Å². The Labute approximate surface area is 205 Å². The predicted octanol–water partition coefficient (Wildman–Crippen LogP) is 3.54. The van der Waals surface area contributed by atoms with Crippen LogP contribution < -0.4 is 14.8 Å². The van der Waals surface area contributed by atoms with E-state index in [1.54, 1.807) is 18.3 Å². The molecule has 0 spiro atoms. The number of thiazole rings is 1. The van der Waals surface area contributed by atoms with Crippen molar-refractivity contribution in [3.63, 3.8) is 0 Å². The minimum absolute atomic E-state index is 0.246. The Morgan fingerprint density at radius 3 is 2.94 bits per heavy atom. The van der Waals surface area contributed by atoms with Crippen LogP contribution in [0.25, 0.3) is 6.08 Å². The molecular formula is C26H32N6OS. The van der Waals surface area contributed by atoms with Gasteiger partial charge in [0.25, 0.3) is 0 Å². The number of nitriles is 1. The van der Waals surface area contributed by atoms with Gasteiger partial charge < -0.3 is 9.64 Å². The summed E-state index contributed by atoms with van der Waals surface area (Å²) in [7, 11) is 0. The maximum atomic E-state index is 9.90. The van der Waals surface area contributed by atoms with E-state index < -0.39 is 5.92 Å². The van der Waals surface area contributed by atoms with Crippen molar-refractivity contribution in [3.05, 3.63) is 57.3 Å². The van der Waals surface area contributed by atoms with Gasteiger partial charge in [-0.15, -0.1) is 0 Å². The number of rotatable bonds is 9. The molecule has 1 fully saturated rings. The van der Waals surface area contributed by atoms with Gasteiger partial charge >= 0.3 is 6.01 Å². The van der Waals surface area contributed by atoms with Gasteiger partial charge in [-0.3, -0.25) is 4.99 Å². The lowest BCUT2D eigenvalue weighted by molar-refractivity contribution is 0.169. The van der Waals surface area contributed by atoms with Crippen LogP contribution in [0.5, 0.6) is 6.01 Å². The summed E-state index contributed by atoms with van der Waals surface area (Å²) in [6, 6.07) is 5.06. The lowest BCUT2D eigenvalue weighted by atomic mass is 10.0. The zero-order chi connectivity index (χ0) is 23.9. The number of ether oxygens (including phenoxy) is 1. The highest BCUT2D eigenvalue weighted by Crippen LogP contribution is 2.24. The van der Waals surface area contributed by atoms with Gasteiger partial charge in [-0.05, 0) is 64.3 Å². The fourth-order valence-corrected chi connectivity index (χ4v) is 5.52. The molecule has 0 N–H and O–H groups in total. The van der Waals surface area contributed by atoms with Gasteiger partial charge in [0.2, 0.25) is 0 Å². The summed E-state index contributed by atoms with van der Waals surface area (Å²) in [5, 5.41) is 11.5. The van der Waals surface area contributed by atoms with Crippen LogP contribution in [0.4, 0.5) is 0 Å². The second-order valence-corrected chi connectivity index (χ2v) is 9.99. The third-order valence-electron chi connectivity index (χ3n) is 6.28. The van der Waals surface area contributed by atoms with Gasteiger partial charge in [0, 0.05) is 12.2 Å². The minimum Gasteiger partial charge on any atom is -0.459 e. The Kier molecular flexibility index (Phi) is 8.20. The summed E-state index contributed by atoms with van der Waals surface area (Å²) in [4.78, 5) is 20.7. The predicted molar refractivity (Wildman–Crippen MR) is 134 cm³/mol. The molecule has 2 aliphatic rings. The fourth-order valence-electron chi connectivity index (χ4n) is 4.42. The first-order chi connectivity index (χ1) is 16.6. The van der Waals surface area contributed by atoms with Crippen molar-refractivity contribution >= 4 is 17.4 Å². The third kappa shape index (κ3) is 5.96. The maximum absolute atomic E-state index is 9.90. The zero-order valence-electron chi connectivity index (χ0n) is 20.0. The van der Waals surface area contributed by atoms with Gasteiger partial charge in [0.05, 0.1) is 23.2 Å². The van der Waals surface area contributed by atoms with E-state index in [0.717, 1.165) is 41.5 Å². The van der Waals surface area contributed by atoms with E-state index in [9.17, 15) is 5.26 Å². The first-order valence-corrected chi connectivity index (χ1v) is 12.8. The van der Waals surface area contributed by atoms with Crippen molar-refractivity contribution < 1.29 is 4.74 Å². The van der Waals surface area contributed by atoms with Crippen molar-refractivity contribution in [3.8, 4) is 12.1 Å². The van der Waals surface area contributed by atoms with Gasteiger partial charge in [-0.25, -0.2) is 9.97 Å². The minimum atomic E-state index is -0.581. The molecule has 1 saturated heterocycles. The Morgan fingerprint density at radius 2 is 2.18 bits per heavy atom. The van der Waals surface area contributed by atoms with Crippen LogP contribution in [0.3, 0.4) is 0 Å². The van der Waals surface area contributed by atoms with Crippen molar-refractivity contribution in [1.29, 1.82) is 5.26 Å². The van der Waals surface area contributed by atoms with E-state index in [4.69, 9.17) is 4.74 Å². The molecule has 3 atom stereocenters. The highest BCUT2D eigenvalue weighted by Gasteiger charge is 2.22. The number of piperidine rings is 1. The molecule has 2 aliphatic heterocycles. The second-order valence-electron chi connectivity index (χ2n) is 8.99. The molecule has 178 valence electrons. The number of hydrogen-bond donors (Lipinski definition) is 0. The molecule has 3 unspecified atom stereocenters. The monoisotopic (exact) mass is 476 g/mol. The summed E-state index contributed by atoms with van der Waals surface area (Å²) in [6.45, 7) is 10.9. The molecule has 34 heavy (non-hydrogen) atoms. The fraction of sp³-hybridized carbons (Fsp3) is 0.500. The van der Waals surface area contributed by atoms with E-state index in [0.29, 0.717) is 23.4 Å². The number of aromatic nitrogens is 3. The molecule has 0 aliphatic carbocycles. The normalized spacial score (nSPS) is 20.3. The van der Waals surface area contributed by atoms with Crippen LogP contribution in [0.2, 0.25) is 0 Å². The van der Waals surface area contributed by atoms with Crippen LogP contribution in [0.1, 0.15) is 62.6 Å². The largest absolute Gasteiger partial charge is 0.459 e. The summed E-state index contributed by atoms with van der Waals surface area (Å²) in [5.41, 5.74) is 1.74. The van der Waals surface area contributed by atoms with E-state index in [1.807, 2.05) is 6.08 Å².